The van der Waals surface area contributed by atoms with Gasteiger partial charge in [0.25, 0.3) is 0 Å². The zero-order valence-corrected chi connectivity index (χ0v) is 12.2. The number of likely N-dealkylation sites (tertiary alicyclic amines) is 1. The van der Waals surface area contributed by atoms with Crippen molar-refractivity contribution in [2.45, 2.75) is 32.7 Å². The fourth-order valence-corrected chi connectivity index (χ4v) is 2.48. The van der Waals surface area contributed by atoms with Crippen LogP contribution in [-0.2, 0) is 11.3 Å². The number of benzene rings is 1. The van der Waals surface area contributed by atoms with Crippen molar-refractivity contribution >= 4 is 5.91 Å². The monoisotopic (exact) mass is 289 g/mol. The van der Waals surface area contributed by atoms with Gasteiger partial charge in [0.2, 0.25) is 5.91 Å². The summed E-state index contributed by atoms with van der Waals surface area (Å²) in [7, 11) is 0. The van der Waals surface area contributed by atoms with Gasteiger partial charge < -0.3 is 10.0 Å². The normalized spacial score (nSPS) is 18.9. The summed E-state index contributed by atoms with van der Waals surface area (Å²) >= 11 is 0. The van der Waals surface area contributed by atoms with Crippen LogP contribution in [0.2, 0.25) is 0 Å². The van der Waals surface area contributed by atoms with E-state index < -0.39 is 0 Å². The van der Waals surface area contributed by atoms with E-state index in [0.29, 0.717) is 24.4 Å². The molecule has 3 nitrogen and oxygen atoms in total. The Morgan fingerprint density at radius 2 is 2.24 bits per heavy atom. The van der Waals surface area contributed by atoms with Crippen molar-refractivity contribution < 1.29 is 14.3 Å². The van der Waals surface area contributed by atoms with Crippen LogP contribution in [0.1, 0.15) is 37.3 Å². The molecule has 112 valence electrons. The van der Waals surface area contributed by atoms with E-state index in [4.69, 9.17) is 5.11 Å². The molecule has 1 fully saturated rings. The van der Waals surface area contributed by atoms with Crippen molar-refractivity contribution in [3.05, 3.63) is 35.1 Å². The lowest BCUT2D eigenvalue weighted by atomic mass is 10.0. The molecule has 0 bridgehead atoms. The highest BCUT2D eigenvalue weighted by molar-refractivity contribution is 5.76. The molecule has 1 aromatic rings. The maximum Gasteiger partial charge on any atom is 0.222 e. The molecular formula is C17H20FNO2. The van der Waals surface area contributed by atoms with Gasteiger partial charge in [0.15, 0.2) is 0 Å². The second-order valence-corrected chi connectivity index (χ2v) is 5.51. The molecule has 0 aromatic heterocycles. The van der Waals surface area contributed by atoms with Crippen LogP contribution in [0, 0.1) is 23.6 Å². The lowest BCUT2D eigenvalue weighted by Gasteiger charge is -2.21. The van der Waals surface area contributed by atoms with Crippen LogP contribution >= 0.6 is 0 Å². The molecule has 1 amide bonds. The standard InChI is InChI=1S/C17H20FNO2/c1-13-4-7-17(21)19(9-8-13)12-15-5-6-16(18)11-14(15)3-2-10-20/h5-6,11,13,20H,4,7-10,12H2,1H3. The average molecular weight is 289 g/mol. The third-order valence-corrected chi connectivity index (χ3v) is 3.83. The number of carbonyl (C=O) groups is 1. The van der Waals surface area contributed by atoms with Gasteiger partial charge in [-0.2, -0.15) is 0 Å². The molecule has 1 N–H and O–H groups in total. The van der Waals surface area contributed by atoms with Crippen molar-refractivity contribution in [3.8, 4) is 11.8 Å². The molecule has 1 saturated heterocycles. The first-order valence-electron chi connectivity index (χ1n) is 7.26. The van der Waals surface area contributed by atoms with Crippen LogP contribution in [0.5, 0.6) is 0 Å². The highest BCUT2D eigenvalue weighted by Crippen LogP contribution is 2.20. The zero-order valence-electron chi connectivity index (χ0n) is 12.2. The van der Waals surface area contributed by atoms with Crippen LogP contribution in [-0.4, -0.2) is 29.1 Å². The van der Waals surface area contributed by atoms with Crippen LogP contribution < -0.4 is 0 Å². The molecule has 2 rings (SSSR count). The molecule has 1 unspecified atom stereocenters. The van der Waals surface area contributed by atoms with Crippen molar-refractivity contribution in [1.29, 1.82) is 0 Å². The number of rotatable bonds is 2. The SMILES string of the molecule is CC1CCC(=O)N(Cc2ccc(F)cc2C#CCO)CC1. The van der Waals surface area contributed by atoms with Gasteiger partial charge in [0, 0.05) is 25.1 Å². The minimum atomic E-state index is -0.364. The second-order valence-electron chi connectivity index (χ2n) is 5.51. The minimum Gasteiger partial charge on any atom is -0.384 e. The predicted molar refractivity (Wildman–Crippen MR) is 78.8 cm³/mol. The van der Waals surface area contributed by atoms with Gasteiger partial charge in [0.05, 0.1) is 0 Å². The Hall–Kier alpha value is -1.86. The van der Waals surface area contributed by atoms with Gasteiger partial charge in [-0.05, 0) is 36.5 Å². The molecule has 0 spiro atoms. The van der Waals surface area contributed by atoms with E-state index in [0.717, 1.165) is 24.9 Å². The highest BCUT2D eigenvalue weighted by Gasteiger charge is 2.20. The summed E-state index contributed by atoms with van der Waals surface area (Å²) in [6.07, 6.45) is 2.49. The predicted octanol–water partition coefficient (Wildman–Crippen LogP) is 2.32. The molecule has 0 radical (unpaired) electrons. The maximum absolute atomic E-state index is 13.3. The zero-order chi connectivity index (χ0) is 15.2. The first kappa shape index (κ1) is 15.5. The van der Waals surface area contributed by atoms with E-state index in [1.165, 1.54) is 12.1 Å². The van der Waals surface area contributed by atoms with Gasteiger partial charge in [-0.25, -0.2) is 4.39 Å². The van der Waals surface area contributed by atoms with Gasteiger partial charge in [-0.15, -0.1) is 0 Å². The van der Waals surface area contributed by atoms with Crippen LogP contribution in [0.25, 0.3) is 0 Å². The van der Waals surface area contributed by atoms with Crippen LogP contribution in [0.15, 0.2) is 18.2 Å². The number of nitrogens with zero attached hydrogens (tertiary/aromatic N) is 1. The Labute approximate surface area is 124 Å². The molecule has 4 heteroatoms. The third-order valence-electron chi connectivity index (χ3n) is 3.83. The fourth-order valence-electron chi connectivity index (χ4n) is 2.48. The number of aliphatic hydroxyl groups is 1. The largest absolute Gasteiger partial charge is 0.384 e. The van der Waals surface area contributed by atoms with E-state index in [1.807, 2.05) is 4.90 Å². The van der Waals surface area contributed by atoms with Gasteiger partial charge in [-0.3, -0.25) is 4.79 Å². The number of halogens is 1. The van der Waals surface area contributed by atoms with Gasteiger partial charge in [0.1, 0.15) is 12.4 Å². The fraction of sp³-hybridized carbons (Fsp3) is 0.471. The molecule has 1 aliphatic heterocycles. The lowest BCUT2D eigenvalue weighted by Crippen LogP contribution is -2.30. The van der Waals surface area contributed by atoms with E-state index >= 15 is 0 Å². The van der Waals surface area contributed by atoms with Crippen molar-refractivity contribution in [2.75, 3.05) is 13.2 Å². The highest BCUT2D eigenvalue weighted by atomic mass is 19.1. The topological polar surface area (TPSA) is 40.5 Å². The Balaban J connectivity index is 2.20. The summed E-state index contributed by atoms with van der Waals surface area (Å²) in [5.74, 6) is 5.63. The summed E-state index contributed by atoms with van der Waals surface area (Å²) < 4.78 is 13.3. The van der Waals surface area contributed by atoms with Crippen molar-refractivity contribution in [2.24, 2.45) is 5.92 Å². The quantitative estimate of drug-likeness (QED) is 0.849. The number of hydrogen-bond acceptors (Lipinski definition) is 2. The molecule has 0 saturated carbocycles. The summed E-state index contributed by atoms with van der Waals surface area (Å²) in [5.41, 5.74) is 1.36. The first-order valence-corrected chi connectivity index (χ1v) is 7.26. The summed E-state index contributed by atoms with van der Waals surface area (Å²) in [6, 6.07) is 4.39. The third kappa shape index (κ3) is 4.30. The Morgan fingerprint density at radius 1 is 1.43 bits per heavy atom. The van der Waals surface area contributed by atoms with Crippen LogP contribution in [0.3, 0.4) is 0 Å². The Morgan fingerprint density at radius 3 is 3.00 bits per heavy atom. The number of carbonyl (C=O) groups excluding carboxylic acids is 1. The minimum absolute atomic E-state index is 0.143. The molecule has 0 aliphatic carbocycles. The lowest BCUT2D eigenvalue weighted by molar-refractivity contribution is -0.131. The molecule has 1 atom stereocenters. The summed E-state index contributed by atoms with van der Waals surface area (Å²) in [6.45, 7) is 3.06. The molecule has 1 aromatic carbocycles. The Kier molecular flexibility index (Phi) is 5.35. The van der Waals surface area contributed by atoms with Gasteiger partial charge in [-0.1, -0.05) is 24.8 Å². The number of aliphatic hydroxyl groups excluding tert-OH is 1. The molecule has 1 aliphatic rings. The molecule has 21 heavy (non-hydrogen) atoms. The maximum atomic E-state index is 13.3. The molecule has 1 heterocycles. The number of hydrogen-bond donors (Lipinski definition) is 1. The van der Waals surface area contributed by atoms with E-state index in [9.17, 15) is 9.18 Å². The van der Waals surface area contributed by atoms with E-state index in [-0.39, 0.29) is 18.3 Å². The smallest absolute Gasteiger partial charge is 0.222 e. The van der Waals surface area contributed by atoms with Crippen molar-refractivity contribution in [3.63, 3.8) is 0 Å². The van der Waals surface area contributed by atoms with Crippen LogP contribution in [0.4, 0.5) is 4.39 Å². The first-order chi connectivity index (χ1) is 10.1. The average Bonchev–Trinajstić information content (AvgIpc) is 2.62. The van der Waals surface area contributed by atoms with Gasteiger partial charge >= 0.3 is 0 Å². The second kappa shape index (κ2) is 7.24. The summed E-state index contributed by atoms with van der Waals surface area (Å²) in [4.78, 5) is 14.0. The number of amides is 1. The molecular weight excluding hydrogens is 269 g/mol. The summed E-state index contributed by atoms with van der Waals surface area (Å²) in [5, 5.41) is 8.79. The van der Waals surface area contributed by atoms with Crippen molar-refractivity contribution in [1.82, 2.24) is 4.90 Å². The van der Waals surface area contributed by atoms with E-state index in [1.54, 1.807) is 6.07 Å². The Bertz CT molecular complexity index is 574. The van der Waals surface area contributed by atoms with E-state index in [2.05, 4.69) is 18.8 Å².